The lowest BCUT2D eigenvalue weighted by Crippen LogP contribution is -2.41. The normalized spacial score (nSPS) is 27.8. The monoisotopic (exact) mass is 339 g/mol. The van der Waals surface area contributed by atoms with E-state index in [9.17, 15) is 12.8 Å². The highest BCUT2D eigenvalue weighted by atomic mass is 32.2. The number of hydrogen-bond donors (Lipinski definition) is 1. The number of sulfonamides is 1. The highest BCUT2D eigenvalue weighted by molar-refractivity contribution is 7.89. The number of nitrogens with one attached hydrogen (secondary N) is 1. The standard InChI is InChI=1S/C17H22FNO3S/c18-14-4-2-13(3-5-14)17(10-11-17)19-23(20,21)12-15-6-9-16(22-15)7-1-8-16/h2-5,15,19H,1,6-12H2. The molecule has 4 rings (SSSR count). The van der Waals surface area contributed by atoms with E-state index in [0.29, 0.717) is 0 Å². The van der Waals surface area contributed by atoms with Crippen LogP contribution in [0.2, 0.25) is 0 Å². The van der Waals surface area contributed by atoms with Gasteiger partial charge in [0.2, 0.25) is 10.0 Å². The van der Waals surface area contributed by atoms with E-state index in [1.165, 1.54) is 18.6 Å². The quantitative estimate of drug-likeness (QED) is 0.897. The molecule has 0 radical (unpaired) electrons. The van der Waals surface area contributed by atoms with Gasteiger partial charge < -0.3 is 4.74 Å². The molecule has 1 saturated heterocycles. The molecule has 0 amide bonds. The molecule has 1 atom stereocenters. The van der Waals surface area contributed by atoms with Crippen LogP contribution in [0.25, 0.3) is 0 Å². The van der Waals surface area contributed by atoms with E-state index in [4.69, 9.17) is 4.74 Å². The van der Waals surface area contributed by atoms with Gasteiger partial charge in [-0.05, 0) is 62.6 Å². The average Bonchev–Trinajstić information content (AvgIpc) is 3.08. The smallest absolute Gasteiger partial charge is 0.214 e. The summed E-state index contributed by atoms with van der Waals surface area (Å²) in [6.45, 7) is 0. The molecule has 1 spiro atoms. The third-order valence-corrected chi connectivity index (χ3v) is 7.02. The van der Waals surface area contributed by atoms with Gasteiger partial charge in [0.15, 0.2) is 0 Å². The second-order valence-corrected chi connectivity index (χ2v) is 9.05. The van der Waals surface area contributed by atoms with Gasteiger partial charge >= 0.3 is 0 Å². The van der Waals surface area contributed by atoms with Crippen LogP contribution in [-0.2, 0) is 20.3 Å². The number of hydrogen-bond acceptors (Lipinski definition) is 3. The van der Waals surface area contributed by atoms with Gasteiger partial charge in [-0.3, -0.25) is 0 Å². The van der Waals surface area contributed by atoms with Crippen molar-refractivity contribution in [2.24, 2.45) is 0 Å². The third kappa shape index (κ3) is 3.04. The molecular formula is C17H22FNO3S. The molecule has 3 aliphatic rings. The molecular weight excluding hydrogens is 317 g/mol. The summed E-state index contributed by atoms with van der Waals surface area (Å²) in [6, 6.07) is 6.09. The fourth-order valence-corrected chi connectivity index (χ4v) is 5.60. The van der Waals surface area contributed by atoms with Crippen LogP contribution in [0.1, 0.15) is 50.5 Å². The maximum atomic E-state index is 13.1. The predicted octanol–water partition coefficient (Wildman–Crippen LogP) is 2.84. The van der Waals surface area contributed by atoms with Crippen molar-refractivity contribution in [1.29, 1.82) is 0 Å². The van der Waals surface area contributed by atoms with Crippen molar-refractivity contribution in [2.45, 2.75) is 62.2 Å². The van der Waals surface area contributed by atoms with Crippen molar-refractivity contribution in [3.8, 4) is 0 Å². The van der Waals surface area contributed by atoms with E-state index >= 15 is 0 Å². The Balaban J connectivity index is 1.42. The van der Waals surface area contributed by atoms with Gasteiger partial charge in [-0.15, -0.1) is 0 Å². The molecule has 23 heavy (non-hydrogen) atoms. The number of ether oxygens (including phenoxy) is 1. The molecule has 1 heterocycles. The lowest BCUT2D eigenvalue weighted by molar-refractivity contribution is -0.0842. The highest BCUT2D eigenvalue weighted by Crippen LogP contribution is 2.47. The number of halogens is 1. The van der Waals surface area contributed by atoms with Crippen LogP contribution in [0.15, 0.2) is 24.3 Å². The van der Waals surface area contributed by atoms with Crippen LogP contribution >= 0.6 is 0 Å². The van der Waals surface area contributed by atoms with E-state index in [2.05, 4.69) is 4.72 Å². The zero-order chi connectivity index (χ0) is 16.1. The molecule has 1 aliphatic heterocycles. The zero-order valence-electron chi connectivity index (χ0n) is 13.1. The first-order valence-corrected chi connectivity index (χ1v) is 10.0. The van der Waals surface area contributed by atoms with Crippen molar-refractivity contribution in [2.75, 3.05) is 5.75 Å². The van der Waals surface area contributed by atoms with Gasteiger partial charge in [0.25, 0.3) is 0 Å². The molecule has 126 valence electrons. The molecule has 0 aromatic heterocycles. The Hall–Kier alpha value is -0.980. The Morgan fingerprint density at radius 1 is 1.13 bits per heavy atom. The van der Waals surface area contributed by atoms with Crippen molar-refractivity contribution in [3.05, 3.63) is 35.6 Å². The number of benzene rings is 1. The van der Waals surface area contributed by atoms with Gasteiger partial charge in [-0.2, -0.15) is 0 Å². The summed E-state index contributed by atoms with van der Waals surface area (Å²) < 4.78 is 47.0. The Labute approximate surface area is 136 Å². The van der Waals surface area contributed by atoms with Crippen LogP contribution in [-0.4, -0.2) is 25.9 Å². The summed E-state index contributed by atoms with van der Waals surface area (Å²) in [5.74, 6) is -0.282. The third-order valence-electron chi connectivity index (χ3n) is 5.51. The lowest BCUT2D eigenvalue weighted by Gasteiger charge is -2.38. The molecule has 2 saturated carbocycles. The van der Waals surface area contributed by atoms with Crippen molar-refractivity contribution in [1.82, 2.24) is 4.72 Å². The summed E-state index contributed by atoms with van der Waals surface area (Å²) >= 11 is 0. The lowest BCUT2D eigenvalue weighted by atomic mass is 9.78. The van der Waals surface area contributed by atoms with E-state index < -0.39 is 15.6 Å². The minimum atomic E-state index is -3.42. The first-order valence-electron chi connectivity index (χ1n) is 8.36. The maximum Gasteiger partial charge on any atom is 0.214 e. The molecule has 1 aromatic rings. The van der Waals surface area contributed by atoms with E-state index in [1.54, 1.807) is 12.1 Å². The van der Waals surface area contributed by atoms with Crippen LogP contribution in [0.4, 0.5) is 4.39 Å². The second kappa shape index (κ2) is 5.26. The van der Waals surface area contributed by atoms with E-state index in [0.717, 1.165) is 44.1 Å². The predicted molar refractivity (Wildman–Crippen MR) is 84.9 cm³/mol. The van der Waals surface area contributed by atoms with Gasteiger partial charge in [0, 0.05) is 0 Å². The van der Waals surface area contributed by atoms with Gasteiger partial charge in [0.1, 0.15) is 5.82 Å². The first-order chi connectivity index (χ1) is 10.9. The molecule has 2 aliphatic carbocycles. The molecule has 4 nitrogen and oxygen atoms in total. The van der Waals surface area contributed by atoms with Crippen LogP contribution < -0.4 is 4.72 Å². The fourth-order valence-electron chi connectivity index (χ4n) is 3.88. The zero-order valence-corrected chi connectivity index (χ0v) is 13.9. The van der Waals surface area contributed by atoms with Crippen LogP contribution in [0.5, 0.6) is 0 Å². The fraction of sp³-hybridized carbons (Fsp3) is 0.647. The summed E-state index contributed by atoms with van der Waals surface area (Å²) in [5, 5.41) is 0. The highest BCUT2D eigenvalue weighted by Gasteiger charge is 2.49. The summed E-state index contributed by atoms with van der Waals surface area (Å²) in [6.07, 6.45) is 6.44. The van der Waals surface area contributed by atoms with Crippen molar-refractivity contribution in [3.63, 3.8) is 0 Å². The Morgan fingerprint density at radius 2 is 1.83 bits per heavy atom. The van der Waals surface area contributed by atoms with Gasteiger partial charge in [-0.25, -0.2) is 17.5 Å². The Morgan fingerprint density at radius 3 is 2.35 bits per heavy atom. The van der Waals surface area contributed by atoms with Gasteiger partial charge in [-0.1, -0.05) is 12.1 Å². The first kappa shape index (κ1) is 15.5. The molecule has 3 fully saturated rings. The summed E-state index contributed by atoms with van der Waals surface area (Å²) in [7, 11) is -3.42. The molecule has 1 aromatic carbocycles. The largest absolute Gasteiger partial charge is 0.371 e. The number of rotatable bonds is 5. The Bertz CT molecular complexity index is 693. The Kier molecular flexibility index (Phi) is 3.55. The van der Waals surface area contributed by atoms with Crippen molar-refractivity contribution < 1.29 is 17.5 Å². The average molecular weight is 339 g/mol. The van der Waals surface area contributed by atoms with Crippen LogP contribution in [0, 0.1) is 5.82 Å². The molecule has 1 unspecified atom stereocenters. The van der Waals surface area contributed by atoms with E-state index in [1.807, 2.05) is 0 Å². The summed E-state index contributed by atoms with van der Waals surface area (Å²) in [5.41, 5.74) is 0.276. The van der Waals surface area contributed by atoms with E-state index in [-0.39, 0.29) is 23.3 Å². The minimum Gasteiger partial charge on any atom is -0.371 e. The van der Waals surface area contributed by atoms with Crippen LogP contribution in [0.3, 0.4) is 0 Å². The second-order valence-electron chi connectivity index (χ2n) is 7.29. The minimum absolute atomic E-state index is 0.0194. The molecule has 0 bridgehead atoms. The summed E-state index contributed by atoms with van der Waals surface area (Å²) in [4.78, 5) is 0. The molecule has 1 N–H and O–H groups in total. The molecule has 6 heteroatoms. The SMILES string of the molecule is O=S(=O)(CC1CCC2(CCC2)O1)NC1(c2ccc(F)cc2)CC1. The topological polar surface area (TPSA) is 55.4 Å². The van der Waals surface area contributed by atoms with Gasteiger partial charge in [0.05, 0.1) is 23.0 Å². The maximum absolute atomic E-state index is 13.1. The van der Waals surface area contributed by atoms with Crippen molar-refractivity contribution >= 4 is 10.0 Å².